The topological polar surface area (TPSA) is 27.1 Å². The molecule has 0 radical (unpaired) electrons. The van der Waals surface area contributed by atoms with Crippen molar-refractivity contribution in [2.75, 3.05) is 6.61 Å². The van der Waals surface area contributed by atoms with Crippen LogP contribution in [0.25, 0.3) is 22.4 Å². The van der Waals surface area contributed by atoms with Crippen molar-refractivity contribution < 1.29 is 4.74 Å². The van der Waals surface area contributed by atoms with Crippen molar-refractivity contribution in [2.24, 2.45) is 0 Å². The van der Waals surface area contributed by atoms with Gasteiger partial charge in [-0.3, -0.25) is 0 Å². The van der Waals surface area contributed by atoms with Gasteiger partial charge >= 0.3 is 0 Å². The molecule has 0 saturated carbocycles. The second kappa shape index (κ2) is 8.83. The Morgan fingerprint density at radius 1 is 0.931 bits per heavy atom. The van der Waals surface area contributed by atoms with Crippen LogP contribution in [0.2, 0.25) is 0 Å². The molecule has 0 N–H and O–H groups in total. The second-order valence-electron chi connectivity index (χ2n) is 7.48. The minimum Gasteiger partial charge on any atom is -0.493 e. The van der Waals surface area contributed by atoms with Crippen LogP contribution in [-0.4, -0.2) is 16.2 Å². The van der Waals surface area contributed by atoms with Gasteiger partial charge in [-0.05, 0) is 48.2 Å². The van der Waals surface area contributed by atoms with Crippen molar-refractivity contribution in [3.8, 4) is 17.1 Å². The van der Waals surface area contributed by atoms with Crippen LogP contribution >= 0.6 is 15.9 Å². The summed E-state index contributed by atoms with van der Waals surface area (Å²) < 4.78 is 9.50. The molecule has 0 spiro atoms. The summed E-state index contributed by atoms with van der Waals surface area (Å²) in [4.78, 5) is 4.89. The average Bonchev–Trinajstić information content (AvgIpc) is 3.10. The van der Waals surface area contributed by atoms with Gasteiger partial charge in [-0.25, -0.2) is 4.98 Å². The maximum atomic E-state index is 6.13. The summed E-state index contributed by atoms with van der Waals surface area (Å²) in [5, 5.41) is 0. The molecule has 4 rings (SSSR count). The predicted molar refractivity (Wildman–Crippen MR) is 124 cm³/mol. The molecule has 4 heteroatoms. The highest BCUT2D eigenvalue weighted by molar-refractivity contribution is 9.10. The Kier molecular flexibility index (Phi) is 6.00. The lowest BCUT2D eigenvalue weighted by molar-refractivity contribution is 0.299. The lowest BCUT2D eigenvalue weighted by Gasteiger charge is -2.14. The zero-order valence-electron chi connectivity index (χ0n) is 16.8. The SMILES string of the molecule is CC(C)c1ccccc1OCCCn1c(-c2ccc(Br)cc2)nc2ccccc21. The molecule has 0 saturated heterocycles. The fourth-order valence-electron chi connectivity index (χ4n) is 3.61. The van der Waals surface area contributed by atoms with E-state index in [1.54, 1.807) is 0 Å². The van der Waals surface area contributed by atoms with Crippen molar-refractivity contribution >= 4 is 27.0 Å². The molecule has 4 aromatic rings. The van der Waals surface area contributed by atoms with Crippen LogP contribution in [0.4, 0.5) is 0 Å². The number of rotatable bonds is 7. The number of aromatic nitrogens is 2. The standard InChI is InChI=1S/C25H25BrN2O/c1-18(2)21-8-3-6-11-24(21)29-17-7-16-28-23-10-5-4-9-22(23)27-25(28)19-12-14-20(26)15-13-19/h3-6,8-15,18H,7,16-17H2,1-2H3. The molecule has 0 aliphatic rings. The first-order valence-corrected chi connectivity index (χ1v) is 10.9. The third-order valence-corrected chi connectivity index (χ3v) is 5.61. The first-order valence-electron chi connectivity index (χ1n) is 10.1. The minimum atomic E-state index is 0.452. The lowest BCUT2D eigenvalue weighted by Crippen LogP contribution is -2.07. The smallest absolute Gasteiger partial charge is 0.141 e. The molecule has 3 aromatic carbocycles. The van der Waals surface area contributed by atoms with Crippen molar-refractivity contribution in [3.05, 3.63) is 82.8 Å². The maximum absolute atomic E-state index is 6.13. The van der Waals surface area contributed by atoms with E-state index in [2.05, 4.69) is 95.0 Å². The third-order valence-electron chi connectivity index (χ3n) is 5.08. The highest BCUT2D eigenvalue weighted by Crippen LogP contribution is 2.28. The summed E-state index contributed by atoms with van der Waals surface area (Å²) in [7, 11) is 0. The molecule has 1 aromatic heterocycles. The van der Waals surface area contributed by atoms with Crippen molar-refractivity contribution in [1.29, 1.82) is 0 Å². The molecule has 0 atom stereocenters. The first-order chi connectivity index (χ1) is 14.1. The molecule has 0 unspecified atom stereocenters. The molecule has 0 aliphatic heterocycles. The average molecular weight is 449 g/mol. The van der Waals surface area contributed by atoms with Crippen LogP contribution in [-0.2, 0) is 6.54 Å². The fourth-order valence-corrected chi connectivity index (χ4v) is 3.88. The Bertz CT molecular complexity index is 1100. The molecule has 0 fully saturated rings. The Morgan fingerprint density at radius 3 is 2.45 bits per heavy atom. The third kappa shape index (κ3) is 4.38. The van der Waals surface area contributed by atoms with Crippen LogP contribution < -0.4 is 4.74 Å². The van der Waals surface area contributed by atoms with E-state index in [0.717, 1.165) is 45.6 Å². The Morgan fingerprint density at radius 2 is 1.66 bits per heavy atom. The number of fused-ring (bicyclic) bond motifs is 1. The van der Waals surface area contributed by atoms with Gasteiger partial charge < -0.3 is 9.30 Å². The van der Waals surface area contributed by atoms with Gasteiger partial charge in [0.05, 0.1) is 17.6 Å². The van der Waals surface area contributed by atoms with Crippen LogP contribution in [0.5, 0.6) is 5.75 Å². The van der Waals surface area contributed by atoms with Gasteiger partial charge in [0, 0.05) is 16.6 Å². The first kappa shape index (κ1) is 19.7. The Balaban J connectivity index is 1.53. The number of aryl methyl sites for hydroxylation is 1. The second-order valence-corrected chi connectivity index (χ2v) is 8.39. The largest absolute Gasteiger partial charge is 0.493 e. The monoisotopic (exact) mass is 448 g/mol. The quantitative estimate of drug-likeness (QED) is 0.283. The van der Waals surface area contributed by atoms with Gasteiger partial charge in [-0.15, -0.1) is 0 Å². The van der Waals surface area contributed by atoms with Crippen LogP contribution in [0.3, 0.4) is 0 Å². The van der Waals surface area contributed by atoms with E-state index >= 15 is 0 Å². The molecule has 29 heavy (non-hydrogen) atoms. The van der Waals surface area contributed by atoms with Gasteiger partial charge in [-0.1, -0.05) is 72.2 Å². The van der Waals surface area contributed by atoms with Crippen molar-refractivity contribution in [1.82, 2.24) is 9.55 Å². The normalized spacial score (nSPS) is 11.3. The van der Waals surface area contributed by atoms with E-state index in [-0.39, 0.29) is 0 Å². The number of benzene rings is 3. The molecule has 3 nitrogen and oxygen atoms in total. The van der Waals surface area contributed by atoms with Gasteiger partial charge in [0.2, 0.25) is 0 Å². The summed E-state index contributed by atoms with van der Waals surface area (Å²) in [5.74, 6) is 2.44. The number of ether oxygens (including phenoxy) is 1. The maximum Gasteiger partial charge on any atom is 0.141 e. The van der Waals surface area contributed by atoms with Gasteiger partial charge in [0.15, 0.2) is 0 Å². The van der Waals surface area contributed by atoms with Gasteiger partial charge in [-0.2, -0.15) is 0 Å². The number of imidazole rings is 1. The van der Waals surface area contributed by atoms with E-state index in [4.69, 9.17) is 9.72 Å². The molecule has 148 valence electrons. The number of halogens is 1. The molecule has 0 bridgehead atoms. The summed E-state index contributed by atoms with van der Waals surface area (Å²) in [6, 6.07) is 25.0. The minimum absolute atomic E-state index is 0.452. The number of hydrogen-bond acceptors (Lipinski definition) is 2. The Hall–Kier alpha value is -2.59. The molecular weight excluding hydrogens is 424 g/mol. The van der Waals surface area contributed by atoms with Gasteiger partial charge in [0.1, 0.15) is 11.6 Å². The zero-order valence-corrected chi connectivity index (χ0v) is 18.4. The van der Waals surface area contributed by atoms with E-state index in [9.17, 15) is 0 Å². The van der Waals surface area contributed by atoms with Crippen molar-refractivity contribution in [3.63, 3.8) is 0 Å². The van der Waals surface area contributed by atoms with Crippen LogP contribution in [0, 0.1) is 0 Å². The summed E-state index contributed by atoms with van der Waals surface area (Å²) >= 11 is 3.52. The predicted octanol–water partition coefficient (Wildman–Crippen LogP) is 7.06. The number of hydrogen-bond donors (Lipinski definition) is 0. The van der Waals surface area contributed by atoms with Crippen LogP contribution in [0.15, 0.2) is 77.3 Å². The van der Waals surface area contributed by atoms with Crippen molar-refractivity contribution in [2.45, 2.75) is 32.7 Å². The molecule has 1 heterocycles. The highest BCUT2D eigenvalue weighted by Gasteiger charge is 2.12. The molecular formula is C25H25BrN2O. The molecule has 0 amide bonds. The Labute approximate surface area is 180 Å². The fraction of sp³-hybridized carbons (Fsp3) is 0.240. The van der Waals surface area contributed by atoms with E-state index in [1.807, 2.05) is 12.1 Å². The number of para-hydroxylation sites is 3. The highest BCUT2D eigenvalue weighted by atomic mass is 79.9. The van der Waals surface area contributed by atoms with E-state index < -0.39 is 0 Å². The summed E-state index contributed by atoms with van der Waals surface area (Å²) in [5.41, 5.74) is 4.57. The zero-order chi connectivity index (χ0) is 20.2. The van der Waals surface area contributed by atoms with Gasteiger partial charge in [0.25, 0.3) is 0 Å². The molecule has 0 aliphatic carbocycles. The summed E-state index contributed by atoms with van der Waals surface area (Å²) in [6.07, 6.45) is 0.913. The van der Waals surface area contributed by atoms with Crippen LogP contribution in [0.1, 0.15) is 31.7 Å². The van der Waals surface area contributed by atoms with E-state index in [0.29, 0.717) is 12.5 Å². The number of nitrogens with zero attached hydrogens (tertiary/aromatic N) is 2. The summed E-state index contributed by atoms with van der Waals surface area (Å²) in [6.45, 7) is 5.93. The lowest BCUT2D eigenvalue weighted by atomic mass is 10.0. The van der Waals surface area contributed by atoms with E-state index in [1.165, 1.54) is 5.56 Å².